The van der Waals surface area contributed by atoms with Crippen molar-refractivity contribution in [3.8, 4) is 0 Å². The molecule has 1 atom stereocenters. The van der Waals surface area contributed by atoms with Crippen LogP contribution in [0.4, 0.5) is 0 Å². The summed E-state index contributed by atoms with van der Waals surface area (Å²) in [6, 6.07) is 0. The average molecular weight is 213 g/mol. The Labute approximate surface area is 92.6 Å². The van der Waals surface area contributed by atoms with Crippen LogP contribution in [0.15, 0.2) is 5.16 Å². The number of carbonyl (C=O) groups excluding carboxylic acids is 1. The Kier molecular flexibility index (Phi) is 7.01. The molecule has 0 spiro atoms. The third-order valence-corrected chi connectivity index (χ3v) is 2.67. The summed E-state index contributed by atoms with van der Waals surface area (Å²) in [6.07, 6.45) is 3.97. The van der Waals surface area contributed by atoms with Crippen molar-refractivity contribution in [3.05, 3.63) is 0 Å². The second-order valence-electron chi connectivity index (χ2n) is 4.25. The normalized spacial score (nSPS) is 14.3. The van der Waals surface area contributed by atoms with Crippen molar-refractivity contribution in [3.63, 3.8) is 0 Å². The van der Waals surface area contributed by atoms with Crippen molar-refractivity contribution in [2.45, 2.75) is 53.4 Å². The molecule has 0 aromatic carbocycles. The van der Waals surface area contributed by atoms with E-state index in [0.717, 1.165) is 25.7 Å². The van der Waals surface area contributed by atoms with Gasteiger partial charge in [-0.25, -0.2) is 0 Å². The van der Waals surface area contributed by atoms with Crippen LogP contribution >= 0.6 is 0 Å². The molecule has 15 heavy (non-hydrogen) atoms. The molecule has 0 amide bonds. The van der Waals surface area contributed by atoms with Gasteiger partial charge in [-0.3, -0.25) is 4.79 Å². The summed E-state index contributed by atoms with van der Waals surface area (Å²) >= 11 is 0. The number of carbonyl (C=O) groups is 1. The van der Waals surface area contributed by atoms with E-state index in [2.05, 4.69) is 12.1 Å². The second-order valence-corrected chi connectivity index (χ2v) is 4.25. The maximum Gasteiger partial charge on any atom is 0.183 e. The summed E-state index contributed by atoms with van der Waals surface area (Å²) in [5.74, 6) is -0.00289. The number of hydrogen-bond donors (Lipinski definition) is 1. The van der Waals surface area contributed by atoms with Crippen molar-refractivity contribution < 1.29 is 10.0 Å². The van der Waals surface area contributed by atoms with Gasteiger partial charge >= 0.3 is 0 Å². The summed E-state index contributed by atoms with van der Waals surface area (Å²) in [6.45, 7) is 7.81. The fraction of sp³-hybridized carbons (Fsp3) is 0.833. The molecule has 0 radical (unpaired) electrons. The van der Waals surface area contributed by atoms with Crippen molar-refractivity contribution in [2.24, 2.45) is 17.0 Å². The van der Waals surface area contributed by atoms with Gasteiger partial charge in [-0.15, -0.1) is 0 Å². The van der Waals surface area contributed by atoms with E-state index in [4.69, 9.17) is 5.21 Å². The maximum absolute atomic E-state index is 11.7. The highest BCUT2D eigenvalue weighted by atomic mass is 16.4. The standard InChI is InChI=1S/C12H23NO2/c1-5-7-8-10(6-2)11(13-15)12(14)9(3)4/h9-10,15H,5-8H2,1-4H3/b13-11+. The van der Waals surface area contributed by atoms with Crippen molar-refractivity contribution in [1.82, 2.24) is 0 Å². The number of ketones is 1. The summed E-state index contributed by atoms with van der Waals surface area (Å²) in [5.41, 5.74) is 0.362. The summed E-state index contributed by atoms with van der Waals surface area (Å²) in [4.78, 5) is 11.7. The Morgan fingerprint density at radius 1 is 1.33 bits per heavy atom. The number of oxime groups is 1. The fourth-order valence-electron chi connectivity index (χ4n) is 1.61. The lowest BCUT2D eigenvalue weighted by Crippen LogP contribution is -2.27. The van der Waals surface area contributed by atoms with E-state index in [-0.39, 0.29) is 17.6 Å². The highest BCUT2D eigenvalue weighted by molar-refractivity contribution is 6.41. The first-order chi connectivity index (χ1) is 7.08. The van der Waals surface area contributed by atoms with Crippen LogP contribution in [-0.2, 0) is 4.79 Å². The Morgan fingerprint density at radius 2 is 1.93 bits per heavy atom. The number of nitrogens with zero attached hydrogens (tertiary/aromatic N) is 1. The van der Waals surface area contributed by atoms with Crippen LogP contribution in [-0.4, -0.2) is 16.7 Å². The Hall–Kier alpha value is -0.860. The van der Waals surface area contributed by atoms with Gasteiger partial charge < -0.3 is 5.21 Å². The van der Waals surface area contributed by atoms with E-state index < -0.39 is 0 Å². The number of rotatable bonds is 7. The molecular weight excluding hydrogens is 190 g/mol. The zero-order valence-corrected chi connectivity index (χ0v) is 10.3. The minimum atomic E-state index is -0.0911. The highest BCUT2D eigenvalue weighted by Crippen LogP contribution is 2.17. The Morgan fingerprint density at radius 3 is 2.27 bits per heavy atom. The first kappa shape index (κ1) is 14.1. The van der Waals surface area contributed by atoms with Crippen molar-refractivity contribution in [2.75, 3.05) is 0 Å². The SMILES string of the molecule is CCCCC(CC)/C(=N\O)C(=O)C(C)C. The molecule has 0 bridgehead atoms. The molecule has 0 saturated carbocycles. The van der Waals surface area contributed by atoms with Gasteiger partial charge in [0.1, 0.15) is 5.71 Å². The largest absolute Gasteiger partial charge is 0.411 e. The first-order valence-electron chi connectivity index (χ1n) is 5.84. The third-order valence-electron chi connectivity index (χ3n) is 2.67. The number of unbranched alkanes of at least 4 members (excludes halogenated alkanes) is 1. The number of Topliss-reactive ketones (excluding diaryl/α,β-unsaturated/α-hetero) is 1. The maximum atomic E-state index is 11.7. The molecule has 0 saturated heterocycles. The summed E-state index contributed by atoms with van der Waals surface area (Å²) in [5, 5.41) is 12.1. The fourth-order valence-corrected chi connectivity index (χ4v) is 1.61. The van der Waals surface area contributed by atoms with Crippen LogP contribution in [0.5, 0.6) is 0 Å². The lowest BCUT2D eigenvalue weighted by Gasteiger charge is -2.16. The van der Waals surface area contributed by atoms with Gasteiger partial charge in [0.25, 0.3) is 0 Å². The molecule has 3 nitrogen and oxygen atoms in total. The predicted molar refractivity (Wildman–Crippen MR) is 62.4 cm³/mol. The van der Waals surface area contributed by atoms with Gasteiger partial charge in [-0.05, 0) is 12.8 Å². The molecule has 0 aliphatic carbocycles. The Bertz CT molecular complexity index is 222. The van der Waals surface area contributed by atoms with E-state index in [1.165, 1.54) is 0 Å². The highest BCUT2D eigenvalue weighted by Gasteiger charge is 2.23. The van der Waals surface area contributed by atoms with E-state index in [1.54, 1.807) is 0 Å². The van der Waals surface area contributed by atoms with Crippen LogP contribution in [0.25, 0.3) is 0 Å². The zero-order valence-electron chi connectivity index (χ0n) is 10.3. The molecule has 88 valence electrons. The van der Waals surface area contributed by atoms with E-state index in [0.29, 0.717) is 5.71 Å². The van der Waals surface area contributed by atoms with Crippen LogP contribution < -0.4 is 0 Å². The van der Waals surface area contributed by atoms with E-state index in [9.17, 15) is 4.79 Å². The molecule has 0 rings (SSSR count). The van der Waals surface area contributed by atoms with Gasteiger partial charge in [-0.2, -0.15) is 0 Å². The van der Waals surface area contributed by atoms with Gasteiger partial charge in [0.15, 0.2) is 5.78 Å². The van der Waals surface area contributed by atoms with Crippen molar-refractivity contribution >= 4 is 11.5 Å². The molecule has 1 unspecified atom stereocenters. The van der Waals surface area contributed by atoms with E-state index >= 15 is 0 Å². The minimum Gasteiger partial charge on any atom is -0.411 e. The molecule has 0 aliphatic rings. The molecule has 0 aromatic rings. The molecule has 1 N–H and O–H groups in total. The quantitative estimate of drug-likeness (QED) is 0.401. The van der Waals surface area contributed by atoms with Crippen LogP contribution in [0.1, 0.15) is 53.4 Å². The summed E-state index contributed by atoms with van der Waals surface area (Å²) in [7, 11) is 0. The van der Waals surface area contributed by atoms with E-state index in [1.807, 2.05) is 20.8 Å². The molecule has 0 aromatic heterocycles. The van der Waals surface area contributed by atoms with Gasteiger partial charge in [0.2, 0.25) is 0 Å². The molecular formula is C12H23NO2. The molecule has 0 heterocycles. The second kappa shape index (κ2) is 7.43. The molecule has 3 heteroatoms. The van der Waals surface area contributed by atoms with Crippen LogP contribution in [0.3, 0.4) is 0 Å². The van der Waals surface area contributed by atoms with Crippen LogP contribution in [0, 0.1) is 11.8 Å². The topological polar surface area (TPSA) is 49.7 Å². The van der Waals surface area contributed by atoms with Gasteiger partial charge in [0, 0.05) is 11.8 Å². The minimum absolute atomic E-state index is 0.0274. The lowest BCUT2D eigenvalue weighted by molar-refractivity contribution is -0.116. The monoisotopic (exact) mass is 213 g/mol. The first-order valence-corrected chi connectivity index (χ1v) is 5.84. The lowest BCUT2D eigenvalue weighted by atomic mass is 9.88. The number of hydrogen-bond acceptors (Lipinski definition) is 3. The van der Waals surface area contributed by atoms with Crippen LogP contribution in [0.2, 0.25) is 0 Å². The third kappa shape index (κ3) is 4.45. The molecule has 0 fully saturated rings. The summed E-state index contributed by atoms with van der Waals surface area (Å²) < 4.78 is 0. The average Bonchev–Trinajstić information content (AvgIpc) is 2.23. The molecule has 0 aliphatic heterocycles. The smallest absolute Gasteiger partial charge is 0.183 e. The van der Waals surface area contributed by atoms with Gasteiger partial charge in [-0.1, -0.05) is 45.7 Å². The zero-order chi connectivity index (χ0) is 11.8. The van der Waals surface area contributed by atoms with Gasteiger partial charge in [0.05, 0.1) is 0 Å². The Balaban J connectivity index is 4.55. The van der Waals surface area contributed by atoms with Crippen molar-refractivity contribution in [1.29, 1.82) is 0 Å². The predicted octanol–water partition coefficient (Wildman–Crippen LogP) is 3.26.